The SMILES string of the molecule is O=C(Nc1ccc(F)c(Cl)c1)c1nc(C(=O)N2CCCC2)c2ccccn12. The number of nitrogens with zero attached hydrogens (tertiary/aromatic N) is 3. The number of aromatic nitrogens is 2. The number of amides is 2. The molecule has 2 amide bonds. The van der Waals surface area contributed by atoms with Gasteiger partial charge >= 0.3 is 0 Å². The molecule has 1 N–H and O–H groups in total. The van der Waals surface area contributed by atoms with E-state index in [0.29, 0.717) is 24.3 Å². The molecular formula is C19H16ClFN4O2. The van der Waals surface area contributed by atoms with Crippen LogP contribution in [0.1, 0.15) is 33.9 Å². The Hall–Kier alpha value is -2.93. The number of anilines is 1. The molecule has 138 valence electrons. The fraction of sp³-hybridized carbons (Fsp3) is 0.211. The summed E-state index contributed by atoms with van der Waals surface area (Å²) >= 11 is 5.76. The summed E-state index contributed by atoms with van der Waals surface area (Å²) in [5, 5.41) is 2.55. The number of pyridine rings is 1. The van der Waals surface area contributed by atoms with Crippen molar-refractivity contribution in [1.29, 1.82) is 0 Å². The van der Waals surface area contributed by atoms with E-state index in [4.69, 9.17) is 11.6 Å². The van der Waals surface area contributed by atoms with Crippen molar-refractivity contribution >= 4 is 34.6 Å². The van der Waals surface area contributed by atoms with E-state index in [1.807, 2.05) is 0 Å². The van der Waals surface area contributed by atoms with Gasteiger partial charge in [0.25, 0.3) is 11.8 Å². The Balaban J connectivity index is 1.69. The molecular weight excluding hydrogens is 371 g/mol. The predicted molar refractivity (Wildman–Crippen MR) is 99.7 cm³/mol. The van der Waals surface area contributed by atoms with E-state index in [1.54, 1.807) is 33.7 Å². The Kier molecular flexibility index (Phi) is 4.53. The van der Waals surface area contributed by atoms with Gasteiger partial charge in [0.15, 0.2) is 5.69 Å². The van der Waals surface area contributed by atoms with Crippen LogP contribution in [-0.4, -0.2) is 39.2 Å². The van der Waals surface area contributed by atoms with Gasteiger partial charge in [-0.05, 0) is 43.2 Å². The monoisotopic (exact) mass is 386 g/mol. The summed E-state index contributed by atoms with van der Waals surface area (Å²) in [5.41, 5.74) is 1.16. The van der Waals surface area contributed by atoms with Crippen molar-refractivity contribution in [2.24, 2.45) is 0 Å². The molecule has 0 radical (unpaired) electrons. The van der Waals surface area contributed by atoms with Crippen molar-refractivity contribution in [3.05, 3.63) is 65.0 Å². The quantitative estimate of drug-likeness (QED) is 0.747. The molecule has 1 aliphatic rings. The van der Waals surface area contributed by atoms with E-state index in [1.165, 1.54) is 18.2 Å². The lowest BCUT2D eigenvalue weighted by Crippen LogP contribution is -2.28. The maximum Gasteiger partial charge on any atom is 0.292 e. The van der Waals surface area contributed by atoms with Gasteiger partial charge in [-0.3, -0.25) is 14.0 Å². The lowest BCUT2D eigenvalue weighted by molar-refractivity contribution is 0.0789. The molecule has 0 aliphatic carbocycles. The van der Waals surface area contributed by atoms with Gasteiger partial charge in [-0.25, -0.2) is 9.37 Å². The van der Waals surface area contributed by atoms with Crippen LogP contribution in [0.4, 0.5) is 10.1 Å². The van der Waals surface area contributed by atoms with Crippen molar-refractivity contribution in [2.45, 2.75) is 12.8 Å². The third-order valence-electron chi connectivity index (χ3n) is 4.52. The summed E-state index contributed by atoms with van der Waals surface area (Å²) in [7, 11) is 0. The maximum absolute atomic E-state index is 13.3. The third-order valence-corrected chi connectivity index (χ3v) is 4.81. The Labute approximate surface area is 159 Å². The van der Waals surface area contributed by atoms with Crippen LogP contribution in [0.2, 0.25) is 5.02 Å². The number of benzene rings is 1. The largest absolute Gasteiger partial charge is 0.337 e. The maximum atomic E-state index is 13.3. The Morgan fingerprint density at radius 2 is 1.93 bits per heavy atom. The summed E-state index contributed by atoms with van der Waals surface area (Å²) in [6, 6.07) is 9.20. The van der Waals surface area contributed by atoms with E-state index in [2.05, 4.69) is 10.3 Å². The van der Waals surface area contributed by atoms with Gasteiger partial charge in [-0.15, -0.1) is 0 Å². The second kappa shape index (κ2) is 7.00. The lowest BCUT2D eigenvalue weighted by Gasteiger charge is -2.13. The fourth-order valence-corrected chi connectivity index (χ4v) is 3.37. The molecule has 3 heterocycles. The molecule has 3 aromatic rings. The summed E-state index contributed by atoms with van der Waals surface area (Å²) < 4.78 is 14.9. The number of carbonyl (C=O) groups excluding carboxylic acids is 2. The average molecular weight is 387 g/mol. The minimum atomic E-state index is -0.570. The summed E-state index contributed by atoms with van der Waals surface area (Å²) in [4.78, 5) is 31.6. The van der Waals surface area contributed by atoms with Crippen LogP contribution < -0.4 is 5.32 Å². The molecule has 0 spiro atoms. The first-order valence-electron chi connectivity index (χ1n) is 8.57. The van der Waals surface area contributed by atoms with Crippen LogP contribution in [0.5, 0.6) is 0 Å². The fourth-order valence-electron chi connectivity index (χ4n) is 3.19. The van der Waals surface area contributed by atoms with Gasteiger partial charge in [-0.1, -0.05) is 17.7 Å². The third kappa shape index (κ3) is 3.26. The van der Waals surface area contributed by atoms with E-state index in [0.717, 1.165) is 12.8 Å². The van der Waals surface area contributed by atoms with E-state index < -0.39 is 11.7 Å². The van der Waals surface area contributed by atoms with Gasteiger partial charge in [0.1, 0.15) is 5.82 Å². The lowest BCUT2D eigenvalue weighted by atomic mass is 10.3. The zero-order chi connectivity index (χ0) is 19.0. The highest BCUT2D eigenvalue weighted by atomic mass is 35.5. The molecule has 4 rings (SSSR count). The Bertz CT molecular complexity index is 1040. The number of likely N-dealkylation sites (tertiary alicyclic amines) is 1. The Morgan fingerprint density at radius 1 is 1.15 bits per heavy atom. The molecule has 1 saturated heterocycles. The number of hydrogen-bond acceptors (Lipinski definition) is 3. The number of imidazole rings is 1. The van der Waals surface area contributed by atoms with Gasteiger partial charge < -0.3 is 10.2 Å². The van der Waals surface area contributed by atoms with Gasteiger partial charge in [0.05, 0.1) is 10.5 Å². The first-order chi connectivity index (χ1) is 13.0. The van der Waals surface area contributed by atoms with Crippen LogP contribution in [0, 0.1) is 5.82 Å². The van der Waals surface area contributed by atoms with Gasteiger partial charge in [-0.2, -0.15) is 0 Å². The molecule has 1 aromatic carbocycles. The number of halogens is 2. The van der Waals surface area contributed by atoms with E-state index in [-0.39, 0.29) is 22.4 Å². The molecule has 8 heteroatoms. The standard InChI is InChI=1S/C19H16ClFN4O2/c20-13-11-12(6-7-14(13)21)22-18(26)17-23-16(15-5-1-2-10-25(15)17)19(27)24-8-3-4-9-24/h1-2,5-7,10-11H,3-4,8-9H2,(H,22,26). The van der Waals surface area contributed by atoms with Gasteiger partial charge in [0.2, 0.25) is 5.82 Å². The smallest absolute Gasteiger partial charge is 0.292 e. The minimum absolute atomic E-state index is 0.0774. The zero-order valence-corrected chi connectivity index (χ0v) is 15.0. The second-order valence-corrected chi connectivity index (χ2v) is 6.73. The van der Waals surface area contributed by atoms with Crippen molar-refractivity contribution < 1.29 is 14.0 Å². The molecule has 0 bridgehead atoms. The number of rotatable bonds is 3. The summed E-state index contributed by atoms with van der Waals surface area (Å²) in [5.74, 6) is -1.19. The predicted octanol–water partition coefficient (Wildman–Crippen LogP) is 3.62. The molecule has 2 aromatic heterocycles. The van der Waals surface area contributed by atoms with Gasteiger partial charge in [0, 0.05) is 25.0 Å². The van der Waals surface area contributed by atoms with Crippen LogP contribution >= 0.6 is 11.6 Å². The molecule has 27 heavy (non-hydrogen) atoms. The Morgan fingerprint density at radius 3 is 2.67 bits per heavy atom. The number of fused-ring (bicyclic) bond motifs is 1. The first kappa shape index (κ1) is 17.5. The van der Waals surface area contributed by atoms with Crippen molar-refractivity contribution in [2.75, 3.05) is 18.4 Å². The molecule has 6 nitrogen and oxygen atoms in total. The van der Waals surface area contributed by atoms with Crippen molar-refractivity contribution in [3.8, 4) is 0 Å². The highest BCUT2D eigenvalue weighted by Crippen LogP contribution is 2.22. The highest BCUT2D eigenvalue weighted by Gasteiger charge is 2.26. The molecule has 1 fully saturated rings. The highest BCUT2D eigenvalue weighted by molar-refractivity contribution is 6.31. The van der Waals surface area contributed by atoms with Crippen LogP contribution in [0.15, 0.2) is 42.6 Å². The summed E-state index contributed by atoms with van der Waals surface area (Å²) in [6.45, 7) is 1.39. The minimum Gasteiger partial charge on any atom is -0.337 e. The normalized spacial score (nSPS) is 13.9. The van der Waals surface area contributed by atoms with Crippen LogP contribution in [0.25, 0.3) is 5.52 Å². The van der Waals surface area contributed by atoms with E-state index in [9.17, 15) is 14.0 Å². The first-order valence-corrected chi connectivity index (χ1v) is 8.95. The average Bonchev–Trinajstić information content (AvgIpc) is 3.32. The zero-order valence-electron chi connectivity index (χ0n) is 14.3. The molecule has 0 saturated carbocycles. The van der Waals surface area contributed by atoms with Crippen molar-refractivity contribution in [3.63, 3.8) is 0 Å². The molecule has 0 unspecified atom stereocenters. The molecule has 1 aliphatic heterocycles. The number of hydrogen-bond donors (Lipinski definition) is 1. The van der Waals surface area contributed by atoms with Crippen LogP contribution in [-0.2, 0) is 0 Å². The van der Waals surface area contributed by atoms with Crippen LogP contribution in [0.3, 0.4) is 0 Å². The number of nitrogens with one attached hydrogen (secondary N) is 1. The van der Waals surface area contributed by atoms with Crippen molar-refractivity contribution in [1.82, 2.24) is 14.3 Å². The summed E-state index contributed by atoms with van der Waals surface area (Å²) in [6.07, 6.45) is 3.61. The second-order valence-electron chi connectivity index (χ2n) is 6.32. The van der Waals surface area contributed by atoms with E-state index >= 15 is 0 Å². The topological polar surface area (TPSA) is 66.7 Å². The molecule has 0 atom stereocenters. The number of carbonyl (C=O) groups is 2.